The summed E-state index contributed by atoms with van der Waals surface area (Å²) in [5, 5.41) is 9.22. The molecule has 2 aromatic rings. The zero-order valence-electron chi connectivity index (χ0n) is 14.1. The molecule has 2 rings (SSSR count). The van der Waals surface area contributed by atoms with Gasteiger partial charge < -0.3 is 15.5 Å². The summed E-state index contributed by atoms with van der Waals surface area (Å²) in [4.78, 5) is 10.6. The van der Waals surface area contributed by atoms with E-state index in [0.717, 1.165) is 16.9 Å². The predicted octanol–water partition coefficient (Wildman–Crippen LogP) is 2.91. The van der Waals surface area contributed by atoms with Crippen LogP contribution in [0.1, 0.15) is 24.2 Å². The molecule has 0 aliphatic carbocycles. The van der Waals surface area contributed by atoms with Gasteiger partial charge in [-0.3, -0.25) is 4.99 Å². The minimum absolute atomic E-state index is 0.223. The van der Waals surface area contributed by atoms with Gasteiger partial charge in [0.25, 0.3) is 0 Å². The van der Waals surface area contributed by atoms with Crippen LogP contribution in [0.5, 0.6) is 0 Å². The Morgan fingerprint density at radius 3 is 2.67 bits per heavy atom. The second-order valence-corrected chi connectivity index (χ2v) is 6.32. The Bertz CT molecular complexity index is 714. The van der Waals surface area contributed by atoms with Crippen LogP contribution < -0.4 is 15.5 Å². The summed E-state index contributed by atoms with van der Waals surface area (Å²) in [5.74, 6) is -1.15. The van der Waals surface area contributed by atoms with Gasteiger partial charge in [-0.1, -0.05) is 6.07 Å². The van der Waals surface area contributed by atoms with E-state index in [1.165, 1.54) is 6.07 Å². The summed E-state index contributed by atoms with van der Waals surface area (Å²) in [5.41, 5.74) is 1.55. The van der Waals surface area contributed by atoms with Gasteiger partial charge >= 0.3 is 0 Å². The topological polar surface area (TPSA) is 52.6 Å². The Labute approximate surface area is 144 Å². The van der Waals surface area contributed by atoms with E-state index < -0.39 is 11.6 Å². The molecule has 0 fully saturated rings. The van der Waals surface area contributed by atoms with Crippen molar-refractivity contribution < 1.29 is 8.78 Å². The minimum Gasteiger partial charge on any atom is -0.354 e. The predicted molar refractivity (Wildman–Crippen MR) is 94.5 cm³/mol. The number of aliphatic imine (C=N–C) groups is 1. The maximum Gasteiger partial charge on any atom is 0.191 e. The average molecular weight is 353 g/mol. The lowest BCUT2D eigenvalue weighted by Gasteiger charge is -2.18. The molecule has 130 valence electrons. The second-order valence-electron chi connectivity index (χ2n) is 5.48. The molecule has 1 aromatic carbocycles. The third kappa shape index (κ3) is 4.64. The fraction of sp³-hybridized carbons (Fsp3) is 0.375. The number of aromatic nitrogens is 1. The van der Waals surface area contributed by atoms with Crippen molar-refractivity contribution in [1.29, 1.82) is 0 Å². The number of guanidine groups is 1. The lowest BCUT2D eigenvalue weighted by Crippen LogP contribution is -2.38. The Morgan fingerprint density at radius 1 is 1.33 bits per heavy atom. The van der Waals surface area contributed by atoms with Crippen molar-refractivity contribution in [2.24, 2.45) is 4.99 Å². The lowest BCUT2D eigenvalue weighted by molar-refractivity contribution is 0.504. The molecule has 1 heterocycles. The fourth-order valence-electron chi connectivity index (χ4n) is 2.02. The van der Waals surface area contributed by atoms with Crippen molar-refractivity contribution in [3.8, 4) is 0 Å². The summed E-state index contributed by atoms with van der Waals surface area (Å²) in [7, 11) is 5.54. The molecule has 1 unspecified atom stereocenters. The molecule has 0 radical (unpaired) electrons. The molecule has 2 N–H and O–H groups in total. The standard InChI is InChI=1S/C16H21F2N5S/c1-10(11-5-6-13(17)14(18)7-11)21-15(19-2)20-8-12-9-24-16(22-12)23(3)4/h5-7,9-10H,8H2,1-4H3,(H2,19,20,21). The number of hydrogen-bond acceptors (Lipinski definition) is 4. The molecular weight excluding hydrogens is 332 g/mol. The van der Waals surface area contributed by atoms with Crippen LogP contribution in [0.3, 0.4) is 0 Å². The normalized spacial score (nSPS) is 12.8. The van der Waals surface area contributed by atoms with Crippen molar-refractivity contribution in [3.63, 3.8) is 0 Å². The third-order valence-corrected chi connectivity index (χ3v) is 4.44. The average Bonchev–Trinajstić information content (AvgIpc) is 3.03. The molecule has 5 nitrogen and oxygen atoms in total. The molecule has 0 spiro atoms. The highest BCUT2D eigenvalue weighted by atomic mass is 32.1. The first-order chi connectivity index (χ1) is 11.4. The van der Waals surface area contributed by atoms with E-state index in [1.807, 2.05) is 31.3 Å². The number of nitrogens with zero attached hydrogens (tertiary/aromatic N) is 3. The van der Waals surface area contributed by atoms with Crippen LogP contribution in [-0.4, -0.2) is 32.1 Å². The summed E-state index contributed by atoms with van der Waals surface area (Å²) < 4.78 is 26.4. The van der Waals surface area contributed by atoms with Crippen molar-refractivity contribution in [1.82, 2.24) is 15.6 Å². The Hall–Kier alpha value is -2.22. The molecule has 1 atom stereocenters. The first-order valence-electron chi connectivity index (χ1n) is 7.44. The van der Waals surface area contributed by atoms with Crippen molar-refractivity contribution in [3.05, 3.63) is 46.5 Å². The third-order valence-electron chi connectivity index (χ3n) is 3.38. The highest BCUT2D eigenvalue weighted by Crippen LogP contribution is 2.18. The zero-order valence-corrected chi connectivity index (χ0v) is 14.9. The van der Waals surface area contributed by atoms with Gasteiger partial charge in [0.1, 0.15) is 0 Å². The second kappa shape index (κ2) is 8.05. The van der Waals surface area contributed by atoms with Gasteiger partial charge in [0.15, 0.2) is 22.7 Å². The molecule has 0 saturated heterocycles. The first-order valence-corrected chi connectivity index (χ1v) is 8.32. The fourth-order valence-corrected chi connectivity index (χ4v) is 2.78. The van der Waals surface area contributed by atoms with Crippen LogP contribution in [0.4, 0.5) is 13.9 Å². The number of halogens is 2. The highest BCUT2D eigenvalue weighted by molar-refractivity contribution is 7.13. The van der Waals surface area contributed by atoms with Gasteiger partial charge in [0.2, 0.25) is 0 Å². The van der Waals surface area contributed by atoms with Gasteiger partial charge in [0.05, 0.1) is 18.3 Å². The van der Waals surface area contributed by atoms with E-state index >= 15 is 0 Å². The molecular formula is C16H21F2N5S. The van der Waals surface area contributed by atoms with E-state index in [4.69, 9.17) is 0 Å². The highest BCUT2D eigenvalue weighted by Gasteiger charge is 2.11. The van der Waals surface area contributed by atoms with Gasteiger partial charge in [-0.2, -0.15) is 0 Å². The smallest absolute Gasteiger partial charge is 0.191 e. The Kier molecular flexibility index (Phi) is 6.08. The molecule has 1 aromatic heterocycles. The Morgan fingerprint density at radius 2 is 2.08 bits per heavy atom. The van der Waals surface area contributed by atoms with E-state index in [2.05, 4.69) is 20.6 Å². The number of thiazole rings is 1. The van der Waals surface area contributed by atoms with Crippen molar-refractivity contribution in [2.75, 3.05) is 26.0 Å². The van der Waals surface area contributed by atoms with Gasteiger partial charge in [-0.25, -0.2) is 13.8 Å². The molecule has 24 heavy (non-hydrogen) atoms. The molecule has 8 heteroatoms. The number of anilines is 1. The minimum atomic E-state index is -0.859. The van der Waals surface area contributed by atoms with Gasteiger partial charge in [-0.15, -0.1) is 11.3 Å². The van der Waals surface area contributed by atoms with Crippen molar-refractivity contribution in [2.45, 2.75) is 19.5 Å². The molecule has 0 aliphatic rings. The Balaban J connectivity index is 1.94. The van der Waals surface area contributed by atoms with Gasteiger partial charge in [-0.05, 0) is 24.6 Å². The monoisotopic (exact) mass is 353 g/mol. The molecule has 0 saturated carbocycles. The quantitative estimate of drug-likeness (QED) is 0.641. The van der Waals surface area contributed by atoms with Gasteiger partial charge in [0, 0.05) is 26.5 Å². The largest absolute Gasteiger partial charge is 0.354 e. The van der Waals surface area contributed by atoms with Crippen LogP contribution in [0.2, 0.25) is 0 Å². The number of rotatable bonds is 5. The van der Waals surface area contributed by atoms with E-state index in [0.29, 0.717) is 18.1 Å². The lowest BCUT2D eigenvalue weighted by atomic mass is 10.1. The summed E-state index contributed by atoms with van der Waals surface area (Å²) in [6.45, 7) is 2.38. The molecule has 0 amide bonds. The van der Waals surface area contributed by atoms with Crippen LogP contribution in [0.15, 0.2) is 28.6 Å². The molecule has 0 bridgehead atoms. The SMILES string of the molecule is CN=C(NCc1csc(N(C)C)n1)NC(C)c1ccc(F)c(F)c1. The number of nitrogens with one attached hydrogen (secondary N) is 2. The summed E-state index contributed by atoms with van der Waals surface area (Å²) >= 11 is 1.57. The number of hydrogen-bond donors (Lipinski definition) is 2. The zero-order chi connectivity index (χ0) is 17.7. The van der Waals surface area contributed by atoms with Crippen LogP contribution in [0.25, 0.3) is 0 Å². The van der Waals surface area contributed by atoms with E-state index in [9.17, 15) is 8.78 Å². The van der Waals surface area contributed by atoms with Crippen molar-refractivity contribution >= 4 is 22.4 Å². The summed E-state index contributed by atoms with van der Waals surface area (Å²) in [6.07, 6.45) is 0. The van der Waals surface area contributed by atoms with Crippen LogP contribution in [0, 0.1) is 11.6 Å². The summed E-state index contributed by atoms with van der Waals surface area (Å²) in [6, 6.07) is 3.63. The maximum atomic E-state index is 13.3. The number of benzene rings is 1. The first kappa shape index (κ1) is 18.1. The van der Waals surface area contributed by atoms with E-state index in [1.54, 1.807) is 24.5 Å². The maximum absolute atomic E-state index is 13.3. The van der Waals surface area contributed by atoms with Crippen LogP contribution >= 0.6 is 11.3 Å². The van der Waals surface area contributed by atoms with Crippen LogP contribution in [-0.2, 0) is 6.54 Å². The molecule has 0 aliphatic heterocycles. The van der Waals surface area contributed by atoms with E-state index in [-0.39, 0.29) is 6.04 Å².